The van der Waals surface area contributed by atoms with Crippen LogP contribution in [0.2, 0.25) is 0 Å². The fourth-order valence-corrected chi connectivity index (χ4v) is 1.89. The van der Waals surface area contributed by atoms with Gasteiger partial charge in [-0.1, -0.05) is 0 Å². The van der Waals surface area contributed by atoms with Gasteiger partial charge in [-0.15, -0.1) is 0 Å². The highest BCUT2D eigenvalue weighted by atomic mass is 16.2. The highest BCUT2D eigenvalue weighted by Crippen LogP contribution is 2.33. The predicted octanol–water partition coefficient (Wildman–Crippen LogP) is 1.23. The number of hydrogen-bond acceptors (Lipinski definition) is 4. The number of fused-ring (bicyclic) bond motifs is 1. The number of hydrogen-bond donors (Lipinski definition) is 1. The van der Waals surface area contributed by atoms with Gasteiger partial charge in [-0.3, -0.25) is 9.59 Å². The third-order valence-electron chi connectivity index (χ3n) is 2.95. The highest BCUT2D eigenvalue weighted by Gasteiger charge is 2.40. The average molecular weight is 243 g/mol. The minimum Gasteiger partial charge on any atom is -0.399 e. The number of anilines is 2. The van der Waals surface area contributed by atoms with E-state index in [2.05, 4.69) is 0 Å². The number of nitrogens with two attached hydrogens (primary N) is 1. The maximum Gasteiger partial charge on any atom is 0.253 e. The third kappa shape index (κ3) is 1.72. The van der Waals surface area contributed by atoms with E-state index in [9.17, 15) is 9.59 Å². The van der Waals surface area contributed by atoms with E-state index in [1.807, 2.05) is 6.07 Å². The topological polar surface area (TPSA) is 87.2 Å². The van der Waals surface area contributed by atoms with Gasteiger partial charge in [0.1, 0.15) is 5.41 Å². The molecule has 0 unspecified atom stereocenters. The van der Waals surface area contributed by atoms with E-state index in [-0.39, 0.29) is 12.3 Å². The van der Waals surface area contributed by atoms with Crippen molar-refractivity contribution >= 4 is 23.2 Å². The molecule has 0 saturated carbocycles. The predicted molar refractivity (Wildman–Crippen MR) is 66.4 cm³/mol. The lowest BCUT2D eigenvalue weighted by Gasteiger charge is -2.22. The van der Waals surface area contributed by atoms with Gasteiger partial charge in [-0.25, -0.2) is 4.90 Å². The second-order valence-corrected chi connectivity index (χ2v) is 4.84. The minimum absolute atomic E-state index is 0.146. The molecule has 92 valence electrons. The minimum atomic E-state index is -1.22. The van der Waals surface area contributed by atoms with Gasteiger partial charge in [0.15, 0.2) is 0 Å². The van der Waals surface area contributed by atoms with Crippen LogP contribution in [0, 0.1) is 16.7 Å². The summed E-state index contributed by atoms with van der Waals surface area (Å²) in [6.07, 6.45) is 0.146. The van der Waals surface area contributed by atoms with Gasteiger partial charge in [-0.2, -0.15) is 5.26 Å². The first-order valence-corrected chi connectivity index (χ1v) is 5.54. The van der Waals surface area contributed by atoms with Crippen LogP contribution in [0.5, 0.6) is 0 Å². The van der Waals surface area contributed by atoms with Crippen LogP contribution in [0.1, 0.15) is 19.4 Å². The van der Waals surface area contributed by atoms with Crippen LogP contribution >= 0.6 is 0 Å². The molecule has 1 aromatic carbocycles. The fourth-order valence-electron chi connectivity index (χ4n) is 1.89. The van der Waals surface area contributed by atoms with E-state index in [0.717, 1.165) is 10.5 Å². The molecule has 1 aliphatic rings. The van der Waals surface area contributed by atoms with Crippen LogP contribution in [0.3, 0.4) is 0 Å². The second-order valence-electron chi connectivity index (χ2n) is 4.84. The Morgan fingerprint density at radius 1 is 1.50 bits per heavy atom. The molecule has 0 radical (unpaired) electrons. The van der Waals surface area contributed by atoms with Gasteiger partial charge in [0.2, 0.25) is 5.91 Å². The van der Waals surface area contributed by atoms with Gasteiger partial charge < -0.3 is 5.73 Å². The molecule has 2 amide bonds. The summed E-state index contributed by atoms with van der Waals surface area (Å²) in [4.78, 5) is 25.2. The number of rotatable bonds is 1. The Hall–Kier alpha value is -2.35. The Bertz CT molecular complexity index is 584. The summed E-state index contributed by atoms with van der Waals surface area (Å²) in [6, 6.07) is 6.87. The molecule has 1 aromatic rings. The quantitative estimate of drug-likeness (QED) is 0.751. The zero-order chi connectivity index (χ0) is 13.5. The molecular weight excluding hydrogens is 230 g/mol. The van der Waals surface area contributed by atoms with Gasteiger partial charge in [-0.05, 0) is 37.6 Å². The average Bonchev–Trinajstić information content (AvgIpc) is 2.63. The van der Waals surface area contributed by atoms with Crippen molar-refractivity contribution < 1.29 is 9.59 Å². The zero-order valence-corrected chi connectivity index (χ0v) is 10.2. The van der Waals surface area contributed by atoms with Crippen LogP contribution in [-0.2, 0) is 16.0 Å². The molecule has 0 atom stereocenters. The van der Waals surface area contributed by atoms with Crippen molar-refractivity contribution in [2.24, 2.45) is 5.41 Å². The van der Waals surface area contributed by atoms with Crippen molar-refractivity contribution in [3.63, 3.8) is 0 Å². The summed E-state index contributed by atoms with van der Waals surface area (Å²) in [5, 5.41) is 8.97. The Morgan fingerprint density at radius 2 is 2.17 bits per heavy atom. The molecule has 18 heavy (non-hydrogen) atoms. The normalized spacial score (nSPS) is 14.3. The lowest BCUT2D eigenvalue weighted by molar-refractivity contribution is -0.129. The molecular formula is C13H13N3O2. The lowest BCUT2D eigenvalue weighted by atomic mass is 9.94. The first-order valence-electron chi connectivity index (χ1n) is 5.54. The van der Waals surface area contributed by atoms with Crippen molar-refractivity contribution in [1.29, 1.82) is 5.26 Å². The highest BCUT2D eigenvalue weighted by molar-refractivity contribution is 6.21. The Labute approximate surface area is 105 Å². The van der Waals surface area contributed by atoms with Crippen molar-refractivity contribution in [2.45, 2.75) is 20.3 Å². The van der Waals surface area contributed by atoms with Gasteiger partial charge in [0.25, 0.3) is 5.91 Å². The van der Waals surface area contributed by atoms with Crippen molar-refractivity contribution in [1.82, 2.24) is 0 Å². The lowest BCUT2D eigenvalue weighted by Crippen LogP contribution is -2.42. The van der Waals surface area contributed by atoms with Crippen LogP contribution in [0.15, 0.2) is 18.2 Å². The van der Waals surface area contributed by atoms with Crippen LogP contribution in [-0.4, -0.2) is 11.8 Å². The van der Waals surface area contributed by atoms with Gasteiger partial charge in [0.05, 0.1) is 18.2 Å². The Kier molecular flexibility index (Phi) is 2.59. The van der Waals surface area contributed by atoms with Crippen LogP contribution in [0.25, 0.3) is 0 Å². The van der Waals surface area contributed by atoms with E-state index in [0.29, 0.717) is 11.4 Å². The molecule has 0 spiro atoms. The third-order valence-corrected chi connectivity index (χ3v) is 2.95. The second kappa shape index (κ2) is 3.84. The molecule has 1 aliphatic heterocycles. The van der Waals surface area contributed by atoms with E-state index < -0.39 is 11.3 Å². The summed E-state index contributed by atoms with van der Waals surface area (Å²) in [6.45, 7) is 3.00. The number of nitrogen functional groups attached to an aromatic ring is 1. The molecule has 2 rings (SSSR count). The molecule has 5 heteroatoms. The molecule has 0 bridgehead atoms. The molecule has 0 saturated heterocycles. The maximum absolute atomic E-state index is 12.2. The monoisotopic (exact) mass is 243 g/mol. The molecule has 2 N–H and O–H groups in total. The number of nitrogens with zero attached hydrogens (tertiary/aromatic N) is 2. The van der Waals surface area contributed by atoms with Crippen LogP contribution < -0.4 is 10.6 Å². The summed E-state index contributed by atoms with van der Waals surface area (Å²) < 4.78 is 0. The molecule has 0 aromatic heterocycles. The first-order chi connectivity index (χ1) is 8.36. The van der Waals surface area contributed by atoms with Gasteiger partial charge >= 0.3 is 0 Å². The Balaban J connectivity index is 2.47. The molecule has 5 nitrogen and oxygen atoms in total. The summed E-state index contributed by atoms with van der Waals surface area (Å²) in [7, 11) is 0. The zero-order valence-electron chi connectivity index (χ0n) is 10.2. The number of benzene rings is 1. The number of nitriles is 1. The smallest absolute Gasteiger partial charge is 0.253 e. The summed E-state index contributed by atoms with van der Waals surface area (Å²) in [5.74, 6) is -0.817. The first kappa shape index (κ1) is 12.1. The Morgan fingerprint density at radius 3 is 2.78 bits per heavy atom. The standard InChI is InChI=1S/C13H13N3O2/c1-13(2,7-14)12(18)16-10-4-3-9(15)5-8(10)6-11(16)17/h3-5H,6,15H2,1-2H3. The molecule has 1 heterocycles. The van der Waals surface area contributed by atoms with E-state index in [1.54, 1.807) is 18.2 Å². The van der Waals surface area contributed by atoms with Crippen molar-refractivity contribution in [2.75, 3.05) is 10.6 Å². The summed E-state index contributed by atoms with van der Waals surface area (Å²) >= 11 is 0. The van der Waals surface area contributed by atoms with Crippen LogP contribution in [0.4, 0.5) is 11.4 Å². The SMILES string of the molecule is CC(C)(C#N)C(=O)N1C(=O)Cc2cc(N)ccc21. The number of amides is 2. The maximum atomic E-state index is 12.2. The fraction of sp³-hybridized carbons (Fsp3) is 0.308. The number of imide groups is 1. The van der Waals surface area contributed by atoms with Crippen molar-refractivity contribution in [3.05, 3.63) is 23.8 Å². The van der Waals surface area contributed by atoms with Gasteiger partial charge in [0, 0.05) is 5.69 Å². The number of carbonyl (C=O) groups excluding carboxylic acids is 2. The van der Waals surface area contributed by atoms with E-state index in [4.69, 9.17) is 11.0 Å². The van der Waals surface area contributed by atoms with Crippen molar-refractivity contribution in [3.8, 4) is 6.07 Å². The largest absolute Gasteiger partial charge is 0.399 e. The summed E-state index contributed by atoms with van der Waals surface area (Å²) in [5.41, 5.74) is 6.22. The van der Waals surface area contributed by atoms with E-state index in [1.165, 1.54) is 13.8 Å². The number of carbonyl (C=O) groups is 2. The molecule has 0 aliphatic carbocycles. The molecule has 0 fully saturated rings. The van der Waals surface area contributed by atoms with E-state index >= 15 is 0 Å².